The molecule has 7 heteroatoms. The second-order valence-corrected chi connectivity index (χ2v) is 2.95. The second-order valence-electron chi connectivity index (χ2n) is 2.95. The highest BCUT2D eigenvalue weighted by molar-refractivity contribution is 5.79. The molecule has 0 unspecified atom stereocenters. The fourth-order valence-corrected chi connectivity index (χ4v) is 0.844. The predicted molar refractivity (Wildman–Crippen MR) is 45.3 cm³/mol. The van der Waals surface area contributed by atoms with E-state index in [1.165, 1.54) is 0 Å². The Bertz CT molecular complexity index is 178. The van der Waals surface area contributed by atoms with Gasteiger partial charge in [-0.1, -0.05) is 0 Å². The van der Waals surface area contributed by atoms with Crippen molar-refractivity contribution in [3.63, 3.8) is 0 Å². The van der Waals surface area contributed by atoms with Gasteiger partial charge in [0.25, 0.3) is 0 Å². The van der Waals surface area contributed by atoms with Crippen molar-refractivity contribution in [2.24, 2.45) is 11.5 Å². The van der Waals surface area contributed by atoms with Gasteiger partial charge >= 0.3 is 12.1 Å². The summed E-state index contributed by atoms with van der Waals surface area (Å²) in [4.78, 5) is 9.12. The molecule has 1 rings (SSSR count). The molecule has 1 fully saturated rings. The van der Waals surface area contributed by atoms with Crippen molar-refractivity contribution in [2.75, 3.05) is 13.1 Å². The average molecular weight is 213 g/mol. The van der Waals surface area contributed by atoms with Crippen molar-refractivity contribution in [3.05, 3.63) is 0 Å². The van der Waals surface area contributed by atoms with Gasteiger partial charge in [-0.15, -0.1) is 0 Å². The molecule has 1 aliphatic heterocycles. The first-order valence-electron chi connectivity index (χ1n) is 4.17. The van der Waals surface area contributed by atoms with Crippen molar-refractivity contribution < 1.29 is 18.0 Å². The van der Waals surface area contributed by atoms with Crippen LogP contribution in [0.15, 0.2) is 0 Å². The lowest BCUT2D eigenvalue weighted by atomic mass is 10.1. The van der Waals surface area contributed by atoms with Crippen molar-refractivity contribution in [3.8, 4) is 0 Å². The van der Waals surface area contributed by atoms with Gasteiger partial charge in [0.1, 0.15) is 0 Å². The Morgan fingerprint density at radius 3 is 1.79 bits per heavy atom. The molecule has 84 valence electrons. The number of halogens is 3. The number of hydrogen-bond donors (Lipinski definition) is 3. The van der Waals surface area contributed by atoms with Crippen LogP contribution < -0.4 is 16.8 Å². The number of carbonyl (C=O) groups excluding carboxylic acids is 1. The molecule has 0 aromatic rings. The van der Waals surface area contributed by atoms with Crippen LogP contribution in [-0.4, -0.2) is 31.2 Å². The molecule has 0 spiro atoms. The van der Waals surface area contributed by atoms with Gasteiger partial charge < -0.3 is 16.8 Å². The lowest BCUT2D eigenvalue weighted by Crippen LogP contribution is -2.35. The topological polar surface area (TPSA) is 81.1 Å². The Labute approximate surface area is 79.8 Å². The minimum atomic E-state index is -4.86. The maximum atomic E-state index is 10.7. The number of nitrogens with one attached hydrogen (secondary N) is 1. The summed E-state index contributed by atoms with van der Waals surface area (Å²) in [7, 11) is 0. The molecule has 4 nitrogen and oxygen atoms in total. The predicted octanol–water partition coefficient (Wildman–Crippen LogP) is -0.269. The van der Waals surface area contributed by atoms with E-state index in [1.54, 1.807) is 0 Å². The van der Waals surface area contributed by atoms with Gasteiger partial charge in [-0.2, -0.15) is 13.2 Å². The quantitative estimate of drug-likeness (QED) is 0.518. The SMILES string of the molecule is NC(=O)C(F)(F)F.NC1CCNCC1. The summed E-state index contributed by atoms with van der Waals surface area (Å²) in [5.41, 5.74) is 9.40. The fourth-order valence-electron chi connectivity index (χ4n) is 0.844. The van der Waals surface area contributed by atoms with Crippen LogP contribution in [0.4, 0.5) is 13.2 Å². The smallest absolute Gasteiger partial charge is 0.362 e. The third kappa shape index (κ3) is 6.67. The monoisotopic (exact) mass is 213 g/mol. The van der Waals surface area contributed by atoms with E-state index < -0.39 is 12.1 Å². The molecule has 0 saturated carbocycles. The molecule has 1 saturated heterocycles. The van der Waals surface area contributed by atoms with E-state index in [4.69, 9.17) is 10.5 Å². The van der Waals surface area contributed by atoms with Gasteiger partial charge in [-0.25, -0.2) is 0 Å². The van der Waals surface area contributed by atoms with Crippen LogP contribution in [0.2, 0.25) is 0 Å². The first-order valence-corrected chi connectivity index (χ1v) is 4.17. The molecule has 0 aliphatic carbocycles. The Morgan fingerprint density at radius 1 is 1.29 bits per heavy atom. The molecule has 14 heavy (non-hydrogen) atoms. The molecular weight excluding hydrogens is 199 g/mol. The number of piperidine rings is 1. The van der Waals surface area contributed by atoms with Crippen molar-refractivity contribution >= 4 is 5.91 Å². The molecule has 1 amide bonds. The van der Waals surface area contributed by atoms with Crippen LogP contribution in [-0.2, 0) is 4.79 Å². The largest absolute Gasteiger partial charge is 0.470 e. The summed E-state index contributed by atoms with van der Waals surface area (Å²) in [6.07, 6.45) is -2.56. The molecule has 0 radical (unpaired) electrons. The number of primary amides is 1. The van der Waals surface area contributed by atoms with Crippen molar-refractivity contribution in [2.45, 2.75) is 25.1 Å². The minimum absolute atomic E-state index is 0.473. The second kappa shape index (κ2) is 5.82. The summed E-state index contributed by atoms with van der Waals surface area (Å²) in [5.74, 6) is -2.26. The number of carbonyl (C=O) groups is 1. The van der Waals surface area contributed by atoms with Gasteiger partial charge in [0, 0.05) is 6.04 Å². The molecule has 0 atom stereocenters. The van der Waals surface area contributed by atoms with Crippen LogP contribution in [0.3, 0.4) is 0 Å². The van der Waals surface area contributed by atoms with Crippen molar-refractivity contribution in [1.29, 1.82) is 0 Å². The Hall–Kier alpha value is -0.820. The first kappa shape index (κ1) is 13.2. The number of rotatable bonds is 0. The molecule has 0 bridgehead atoms. The lowest BCUT2D eigenvalue weighted by molar-refractivity contribution is -0.169. The Kier molecular flexibility index (Phi) is 5.47. The lowest BCUT2D eigenvalue weighted by Gasteiger charge is -2.17. The molecule has 5 N–H and O–H groups in total. The third-order valence-corrected chi connectivity index (χ3v) is 1.66. The summed E-state index contributed by atoms with van der Waals surface area (Å²) in [5, 5.41) is 3.24. The van der Waals surface area contributed by atoms with Gasteiger partial charge in [-0.05, 0) is 25.9 Å². The highest BCUT2D eigenvalue weighted by atomic mass is 19.4. The zero-order valence-electron chi connectivity index (χ0n) is 7.60. The van der Waals surface area contributed by atoms with Crippen LogP contribution >= 0.6 is 0 Å². The highest BCUT2D eigenvalue weighted by Crippen LogP contribution is 2.11. The van der Waals surface area contributed by atoms with E-state index in [1.807, 2.05) is 0 Å². The standard InChI is InChI=1S/C5H12N2.C2H2F3NO/c6-5-1-3-7-4-2-5;3-2(4,5)1(6)7/h5,7H,1-4,6H2;(H2,6,7). The van der Waals surface area contributed by atoms with Gasteiger partial charge in [0.05, 0.1) is 0 Å². The Morgan fingerprint density at radius 2 is 1.64 bits per heavy atom. The zero-order chi connectivity index (χ0) is 11.2. The van der Waals surface area contributed by atoms with Crippen LogP contribution in [0.5, 0.6) is 0 Å². The van der Waals surface area contributed by atoms with Gasteiger partial charge in [0.2, 0.25) is 0 Å². The number of nitrogens with two attached hydrogens (primary N) is 2. The van der Waals surface area contributed by atoms with E-state index >= 15 is 0 Å². The van der Waals surface area contributed by atoms with E-state index in [0.29, 0.717) is 6.04 Å². The normalized spacial score (nSPS) is 18.3. The van der Waals surface area contributed by atoms with Crippen LogP contribution in [0.25, 0.3) is 0 Å². The van der Waals surface area contributed by atoms with E-state index in [9.17, 15) is 13.2 Å². The fraction of sp³-hybridized carbons (Fsp3) is 0.857. The first-order chi connectivity index (χ1) is 6.34. The molecular formula is C7H14F3N3O. The number of hydrogen-bond acceptors (Lipinski definition) is 3. The van der Waals surface area contributed by atoms with Gasteiger partial charge in [0.15, 0.2) is 0 Å². The summed E-state index contributed by atoms with van der Waals surface area (Å²) in [6.45, 7) is 2.22. The average Bonchev–Trinajstić information content (AvgIpc) is 2.04. The molecule has 0 aromatic carbocycles. The van der Waals surface area contributed by atoms with Crippen LogP contribution in [0.1, 0.15) is 12.8 Å². The van der Waals surface area contributed by atoms with Crippen LogP contribution in [0, 0.1) is 0 Å². The van der Waals surface area contributed by atoms with Gasteiger partial charge in [-0.3, -0.25) is 4.79 Å². The maximum Gasteiger partial charge on any atom is 0.470 e. The maximum absolute atomic E-state index is 10.7. The Balaban J connectivity index is 0.000000241. The molecule has 0 aromatic heterocycles. The zero-order valence-corrected chi connectivity index (χ0v) is 7.60. The number of alkyl halides is 3. The van der Waals surface area contributed by atoms with E-state index in [0.717, 1.165) is 25.9 Å². The minimum Gasteiger partial charge on any atom is -0.362 e. The molecule has 1 heterocycles. The van der Waals surface area contributed by atoms with Crippen molar-refractivity contribution in [1.82, 2.24) is 5.32 Å². The summed E-state index contributed by atoms with van der Waals surface area (Å²) >= 11 is 0. The summed E-state index contributed by atoms with van der Waals surface area (Å²) < 4.78 is 32.1. The highest BCUT2D eigenvalue weighted by Gasteiger charge is 2.35. The third-order valence-electron chi connectivity index (χ3n) is 1.66. The molecule has 1 aliphatic rings. The summed E-state index contributed by atoms with van der Waals surface area (Å²) in [6, 6.07) is 0.473. The van der Waals surface area contributed by atoms with E-state index in [2.05, 4.69) is 11.1 Å². The number of amides is 1. The van der Waals surface area contributed by atoms with E-state index in [-0.39, 0.29) is 0 Å².